The quantitative estimate of drug-likeness (QED) is 0.460. The Morgan fingerprint density at radius 1 is 1.45 bits per heavy atom. The molecule has 0 saturated heterocycles. The van der Waals surface area contributed by atoms with Crippen molar-refractivity contribution in [3.05, 3.63) is 17.2 Å². The molecule has 0 aliphatic rings. The smallest absolute Gasteiger partial charge is 0.412 e. The number of benzene rings is 1. The molecular formula is C13H17ClN2O5S. The molecule has 0 radical (unpaired) electrons. The van der Waals surface area contributed by atoms with Crippen molar-refractivity contribution in [2.24, 2.45) is 5.73 Å². The fourth-order valence-electron chi connectivity index (χ4n) is 1.38. The minimum atomic E-state index is -1.14. The molecule has 1 atom stereocenters. The van der Waals surface area contributed by atoms with Gasteiger partial charge < -0.3 is 20.7 Å². The Kier molecular flexibility index (Phi) is 6.79. The van der Waals surface area contributed by atoms with Crippen LogP contribution in [0.25, 0.3) is 0 Å². The Hall–Kier alpha value is -1.64. The van der Waals surface area contributed by atoms with E-state index in [2.05, 4.69) is 5.32 Å². The van der Waals surface area contributed by atoms with Crippen LogP contribution in [-0.2, 0) is 9.53 Å². The predicted octanol–water partition coefficient (Wildman–Crippen LogP) is 2.51. The van der Waals surface area contributed by atoms with Gasteiger partial charge in [0.2, 0.25) is 0 Å². The zero-order valence-corrected chi connectivity index (χ0v) is 13.6. The molecule has 122 valence electrons. The normalized spacial score (nSPS) is 12.0. The maximum absolute atomic E-state index is 11.7. The van der Waals surface area contributed by atoms with Gasteiger partial charge in [-0.25, -0.2) is 4.79 Å². The number of aromatic hydroxyl groups is 1. The van der Waals surface area contributed by atoms with E-state index in [-0.39, 0.29) is 28.3 Å². The summed E-state index contributed by atoms with van der Waals surface area (Å²) in [5.41, 5.74) is 5.48. The number of carbonyl (C=O) groups is 2. The summed E-state index contributed by atoms with van der Waals surface area (Å²) in [6.45, 7) is 3.36. The van der Waals surface area contributed by atoms with E-state index in [1.807, 2.05) is 0 Å². The number of hydrogen-bond acceptors (Lipinski definition) is 6. The Bertz CT molecular complexity index is 568. The number of aliphatic carboxylic acids is 1. The van der Waals surface area contributed by atoms with Crippen LogP contribution in [0, 0.1) is 0 Å². The van der Waals surface area contributed by atoms with Crippen LogP contribution in [-0.4, -0.2) is 40.2 Å². The summed E-state index contributed by atoms with van der Waals surface area (Å²) in [5.74, 6) is -1.40. The van der Waals surface area contributed by atoms with Crippen molar-refractivity contribution < 1.29 is 24.5 Å². The zero-order chi connectivity index (χ0) is 16.9. The molecule has 1 rings (SSSR count). The molecule has 7 nitrogen and oxygen atoms in total. The highest BCUT2D eigenvalue weighted by atomic mass is 35.5. The summed E-state index contributed by atoms with van der Waals surface area (Å²) < 4.78 is 4.94. The third-order valence-corrected chi connectivity index (χ3v) is 3.88. The molecule has 0 saturated carbocycles. The fraction of sp³-hybridized carbons (Fsp3) is 0.385. The van der Waals surface area contributed by atoms with Crippen molar-refractivity contribution in [3.63, 3.8) is 0 Å². The second kappa shape index (κ2) is 8.11. The number of nitrogens with one attached hydrogen (secondary N) is 1. The summed E-state index contributed by atoms with van der Waals surface area (Å²) in [5, 5.41) is 21.2. The van der Waals surface area contributed by atoms with E-state index in [9.17, 15) is 14.7 Å². The van der Waals surface area contributed by atoms with E-state index in [0.29, 0.717) is 4.90 Å². The Morgan fingerprint density at radius 3 is 2.64 bits per heavy atom. The topological polar surface area (TPSA) is 122 Å². The number of phenolic OH excluding ortho intramolecular Hbond substituents is 1. The van der Waals surface area contributed by atoms with E-state index in [4.69, 9.17) is 27.2 Å². The van der Waals surface area contributed by atoms with Crippen molar-refractivity contribution in [1.29, 1.82) is 0 Å². The van der Waals surface area contributed by atoms with Crippen LogP contribution in [0.1, 0.15) is 13.8 Å². The van der Waals surface area contributed by atoms with Gasteiger partial charge in [-0.15, -0.1) is 11.8 Å². The minimum Gasteiger partial charge on any atom is -0.504 e. The summed E-state index contributed by atoms with van der Waals surface area (Å²) in [4.78, 5) is 22.8. The highest BCUT2D eigenvalue weighted by Gasteiger charge is 2.18. The van der Waals surface area contributed by atoms with Gasteiger partial charge in [-0.1, -0.05) is 11.6 Å². The van der Waals surface area contributed by atoms with Gasteiger partial charge in [0.15, 0.2) is 5.75 Å². The number of anilines is 1. The first-order valence-corrected chi connectivity index (χ1v) is 7.69. The van der Waals surface area contributed by atoms with Gasteiger partial charge in [-0.3, -0.25) is 10.1 Å². The monoisotopic (exact) mass is 348 g/mol. The van der Waals surface area contributed by atoms with Gasteiger partial charge in [0.25, 0.3) is 0 Å². The lowest BCUT2D eigenvalue weighted by molar-refractivity contribution is -0.137. The van der Waals surface area contributed by atoms with Crippen LogP contribution >= 0.6 is 23.4 Å². The lowest BCUT2D eigenvalue weighted by atomic mass is 10.3. The van der Waals surface area contributed by atoms with Gasteiger partial charge in [-0.05, 0) is 26.0 Å². The number of amides is 1. The van der Waals surface area contributed by atoms with E-state index >= 15 is 0 Å². The molecule has 22 heavy (non-hydrogen) atoms. The average molecular weight is 349 g/mol. The molecule has 1 aromatic carbocycles. The molecular weight excluding hydrogens is 332 g/mol. The maximum Gasteiger partial charge on any atom is 0.412 e. The summed E-state index contributed by atoms with van der Waals surface area (Å²) in [6, 6.07) is 1.91. The van der Waals surface area contributed by atoms with Crippen LogP contribution in [0.4, 0.5) is 10.5 Å². The molecule has 0 heterocycles. The molecule has 0 aliphatic heterocycles. The standard InChI is InChI=1S/C13H17ClN2O5S/c1-6(2)21-13(20)16-10-9(4-3-7(14)11(10)17)22-5-8(15)12(18)19/h3-4,6,8,17H,5,15H2,1-2H3,(H,16,20)(H,18,19)/t8-/m0/s1. The van der Waals surface area contributed by atoms with Crippen LogP contribution < -0.4 is 11.1 Å². The first kappa shape index (κ1) is 18.4. The average Bonchev–Trinajstić information content (AvgIpc) is 2.41. The number of hydrogen-bond donors (Lipinski definition) is 4. The molecule has 1 amide bonds. The Morgan fingerprint density at radius 2 is 2.09 bits per heavy atom. The maximum atomic E-state index is 11.7. The number of nitrogens with two attached hydrogens (primary N) is 1. The first-order chi connectivity index (χ1) is 10.2. The number of halogens is 1. The van der Waals surface area contributed by atoms with Gasteiger partial charge in [0.05, 0.1) is 11.1 Å². The molecule has 0 spiro atoms. The van der Waals surface area contributed by atoms with Gasteiger partial charge in [-0.2, -0.15) is 0 Å². The van der Waals surface area contributed by atoms with E-state index in [0.717, 1.165) is 11.8 Å². The lowest BCUT2D eigenvalue weighted by Crippen LogP contribution is -2.32. The molecule has 1 aromatic rings. The molecule has 9 heteroatoms. The van der Waals surface area contributed by atoms with Gasteiger partial charge >= 0.3 is 12.1 Å². The molecule has 0 bridgehead atoms. The van der Waals surface area contributed by atoms with Crippen LogP contribution in [0.2, 0.25) is 5.02 Å². The third kappa shape index (κ3) is 5.28. The molecule has 0 fully saturated rings. The zero-order valence-electron chi connectivity index (χ0n) is 12.0. The largest absolute Gasteiger partial charge is 0.504 e. The summed E-state index contributed by atoms with van der Waals surface area (Å²) in [7, 11) is 0. The van der Waals surface area contributed by atoms with Crippen LogP contribution in [0.15, 0.2) is 17.0 Å². The second-order valence-electron chi connectivity index (χ2n) is 4.60. The molecule has 0 unspecified atom stereocenters. The Balaban J connectivity index is 2.95. The lowest BCUT2D eigenvalue weighted by Gasteiger charge is -2.15. The van der Waals surface area contributed by atoms with Crippen LogP contribution in [0.3, 0.4) is 0 Å². The summed E-state index contributed by atoms with van der Waals surface area (Å²) in [6.07, 6.45) is -1.09. The molecule has 0 aliphatic carbocycles. The number of ether oxygens (including phenoxy) is 1. The fourth-order valence-corrected chi connectivity index (χ4v) is 2.50. The van der Waals surface area contributed by atoms with Gasteiger partial charge in [0.1, 0.15) is 11.7 Å². The SMILES string of the molecule is CC(C)OC(=O)Nc1c(SC[C@H](N)C(=O)O)ccc(Cl)c1O. The highest BCUT2D eigenvalue weighted by molar-refractivity contribution is 7.99. The third-order valence-electron chi connectivity index (χ3n) is 2.40. The number of carbonyl (C=O) groups excluding carboxylic acids is 1. The van der Waals surface area contributed by atoms with Crippen molar-refractivity contribution in [1.82, 2.24) is 0 Å². The predicted molar refractivity (Wildman–Crippen MR) is 84.7 cm³/mol. The van der Waals surface area contributed by atoms with Crippen LogP contribution in [0.5, 0.6) is 5.75 Å². The molecule has 5 N–H and O–H groups in total. The number of phenols is 1. The van der Waals surface area contributed by atoms with Crippen molar-refractivity contribution in [3.8, 4) is 5.75 Å². The summed E-state index contributed by atoms with van der Waals surface area (Å²) >= 11 is 6.89. The van der Waals surface area contributed by atoms with Crippen molar-refractivity contribution in [2.45, 2.75) is 30.9 Å². The van der Waals surface area contributed by atoms with Gasteiger partial charge in [0, 0.05) is 10.6 Å². The molecule has 0 aromatic heterocycles. The highest BCUT2D eigenvalue weighted by Crippen LogP contribution is 2.40. The van der Waals surface area contributed by atoms with Crippen molar-refractivity contribution >= 4 is 41.1 Å². The van der Waals surface area contributed by atoms with E-state index < -0.39 is 18.1 Å². The minimum absolute atomic E-state index is 0.0479. The number of carboxylic acids is 1. The Labute approximate surface area is 136 Å². The second-order valence-corrected chi connectivity index (χ2v) is 6.07. The van der Waals surface area contributed by atoms with E-state index in [1.54, 1.807) is 19.9 Å². The first-order valence-electron chi connectivity index (χ1n) is 6.32. The number of rotatable bonds is 6. The van der Waals surface area contributed by atoms with Crippen molar-refractivity contribution in [2.75, 3.05) is 11.1 Å². The van der Waals surface area contributed by atoms with E-state index in [1.165, 1.54) is 6.07 Å². The number of thioether (sulfide) groups is 1. The number of carboxylic acid groups (broad SMARTS) is 1.